The summed E-state index contributed by atoms with van der Waals surface area (Å²) in [6.07, 6.45) is 3.78. The first-order chi connectivity index (χ1) is 9.15. The van der Waals surface area contributed by atoms with Crippen LogP contribution in [0.3, 0.4) is 0 Å². The van der Waals surface area contributed by atoms with Gasteiger partial charge in [-0.2, -0.15) is 11.8 Å². The lowest BCUT2D eigenvalue weighted by Crippen LogP contribution is -2.41. The topological polar surface area (TPSA) is 65.1 Å². The number of H-pyrrole nitrogens is 1. The molecule has 2 unspecified atom stereocenters. The fourth-order valence-electron chi connectivity index (χ4n) is 2.01. The normalized spacial score (nSPS) is 14.3. The van der Waals surface area contributed by atoms with Gasteiger partial charge in [-0.25, -0.2) is 0 Å². The zero-order valence-electron chi connectivity index (χ0n) is 11.0. The monoisotopic (exact) mass is 278 g/mol. The molecule has 0 spiro atoms. The second-order valence-corrected chi connectivity index (χ2v) is 5.58. The highest BCUT2D eigenvalue weighted by Gasteiger charge is 2.18. The van der Waals surface area contributed by atoms with E-state index < -0.39 is 0 Å². The van der Waals surface area contributed by atoms with Gasteiger partial charge in [-0.3, -0.25) is 4.79 Å². The van der Waals surface area contributed by atoms with Gasteiger partial charge >= 0.3 is 0 Å². The average Bonchev–Trinajstić information content (AvgIpc) is 2.87. The predicted octanol–water partition coefficient (Wildman–Crippen LogP) is 2.01. The highest BCUT2D eigenvalue weighted by atomic mass is 32.2. The number of benzene rings is 1. The number of rotatable bonds is 5. The number of fused-ring (bicyclic) bond motifs is 1. The van der Waals surface area contributed by atoms with E-state index in [1.165, 1.54) is 0 Å². The molecule has 2 atom stereocenters. The molecule has 5 heteroatoms. The maximum atomic E-state index is 12.1. The van der Waals surface area contributed by atoms with E-state index in [1.54, 1.807) is 17.8 Å². The molecule has 0 radical (unpaired) electrons. The highest BCUT2D eigenvalue weighted by Crippen LogP contribution is 2.15. The molecule has 19 heavy (non-hydrogen) atoms. The molecule has 0 saturated carbocycles. The molecule has 3 N–H and O–H groups in total. The molecular formula is C14H18N2O2S. The zero-order valence-corrected chi connectivity index (χ0v) is 11.8. The Kier molecular flexibility index (Phi) is 4.50. The molecule has 0 fully saturated rings. The molecule has 1 amide bonds. The first kappa shape index (κ1) is 14.0. The van der Waals surface area contributed by atoms with Gasteiger partial charge in [0.1, 0.15) is 0 Å². The number of aromatic amines is 1. The molecule has 102 valence electrons. The van der Waals surface area contributed by atoms with Crippen molar-refractivity contribution in [3.63, 3.8) is 0 Å². The lowest BCUT2D eigenvalue weighted by molar-refractivity contribution is 0.0936. The summed E-state index contributed by atoms with van der Waals surface area (Å²) in [6.45, 7) is 1.96. The van der Waals surface area contributed by atoms with E-state index in [2.05, 4.69) is 10.3 Å². The first-order valence-corrected chi connectivity index (χ1v) is 7.46. The van der Waals surface area contributed by atoms with Crippen molar-refractivity contribution >= 4 is 28.6 Å². The smallest absolute Gasteiger partial charge is 0.251 e. The van der Waals surface area contributed by atoms with Crippen LogP contribution in [-0.4, -0.2) is 40.2 Å². The van der Waals surface area contributed by atoms with E-state index in [1.807, 2.05) is 37.6 Å². The van der Waals surface area contributed by atoms with Gasteiger partial charge in [-0.15, -0.1) is 0 Å². The maximum Gasteiger partial charge on any atom is 0.251 e. The molecular weight excluding hydrogens is 260 g/mol. The molecule has 4 nitrogen and oxygen atoms in total. The van der Waals surface area contributed by atoms with Crippen molar-refractivity contribution in [2.24, 2.45) is 0 Å². The van der Waals surface area contributed by atoms with Crippen LogP contribution in [0.25, 0.3) is 10.9 Å². The molecule has 0 aliphatic carbocycles. The summed E-state index contributed by atoms with van der Waals surface area (Å²) in [7, 11) is 0. The fraction of sp³-hybridized carbons (Fsp3) is 0.357. The van der Waals surface area contributed by atoms with E-state index in [0.717, 1.165) is 10.9 Å². The van der Waals surface area contributed by atoms with Crippen LogP contribution in [0.5, 0.6) is 0 Å². The van der Waals surface area contributed by atoms with Crippen molar-refractivity contribution in [2.75, 3.05) is 12.9 Å². The Balaban J connectivity index is 2.10. The van der Waals surface area contributed by atoms with Crippen LogP contribution >= 0.6 is 11.8 Å². The molecule has 0 aliphatic rings. The maximum absolute atomic E-state index is 12.1. The number of thioether (sulfide) groups is 1. The van der Waals surface area contributed by atoms with Gasteiger partial charge in [-0.05, 0) is 37.4 Å². The Hall–Kier alpha value is -1.46. The van der Waals surface area contributed by atoms with E-state index in [9.17, 15) is 9.90 Å². The second-order valence-electron chi connectivity index (χ2n) is 4.50. The molecule has 1 heterocycles. The number of carbonyl (C=O) groups excluding carboxylic acids is 1. The van der Waals surface area contributed by atoms with Crippen molar-refractivity contribution in [2.45, 2.75) is 18.2 Å². The minimum Gasteiger partial charge on any atom is -0.395 e. The predicted molar refractivity (Wildman–Crippen MR) is 79.6 cm³/mol. The van der Waals surface area contributed by atoms with Crippen LogP contribution < -0.4 is 5.32 Å². The van der Waals surface area contributed by atoms with Gasteiger partial charge in [0, 0.05) is 34.0 Å². The van der Waals surface area contributed by atoms with Crippen molar-refractivity contribution in [1.82, 2.24) is 10.3 Å². The molecule has 1 aromatic heterocycles. The summed E-state index contributed by atoms with van der Waals surface area (Å²) >= 11 is 1.55. The van der Waals surface area contributed by atoms with Gasteiger partial charge in [0.2, 0.25) is 0 Å². The summed E-state index contributed by atoms with van der Waals surface area (Å²) in [6, 6.07) is 7.42. The summed E-state index contributed by atoms with van der Waals surface area (Å²) in [5.74, 6) is -0.108. The Morgan fingerprint density at radius 2 is 2.26 bits per heavy atom. The van der Waals surface area contributed by atoms with Crippen LogP contribution in [0.4, 0.5) is 0 Å². The van der Waals surface area contributed by atoms with E-state index in [4.69, 9.17) is 0 Å². The Labute approximate surface area is 116 Å². The van der Waals surface area contributed by atoms with Crippen LogP contribution in [0.15, 0.2) is 30.5 Å². The van der Waals surface area contributed by atoms with E-state index >= 15 is 0 Å². The Morgan fingerprint density at radius 1 is 1.47 bits per heavy atom. The standard InChI is InChI=1S/C14H18N2O2S/c1-9(13(8-17)19-2)16-14(18)11-3-4-12-10(7-11)5-6-15-12/h3-7,9,13,15,17H,8H2,1-2H3,(H,16,18). The number of aromatic nitrogens is 1. The van der Waals surface area contributed by atoms with Gasteiger partial charge < -0.3 is 15.4 Å². The molecule has 1 aromatic carbocycles. The molecule has 2 aromatic rings. The number of aliphatic hydroxyl groups is 1. The van der Waals surface area contributed by atoms with Crippen molar-refractivity contribution in [3.05, 3.63) is 36.0 Å². The first-order valence-electron chi connectivity index (χ1n) is 6.17. The lowest BCUT2D eigenvalue weighted by Gasteiger charge is -2.21. The van der Waals surface area contributed by atoms with Crippen molar-refractivity contribution < 1.29 is 9.90 Å². The van der Waals surface area contributed by atoms with E-state index in [-0.39, 0.29) is 23.8 Å². The third-order valence-corrected chi connectivity index (χ3v) is 4.38. The van der Waals surface area contributed by atoms with Crippen molar-refractivity contribution in [1.29, 1.82) is 0 Å². The summed E-state index contributed by atoms with van der Waals surface area (Å²) in [5.41, 5.74) is 1.65. The number of carbonyl (C=O) groups is 1. The van der Waals surface area contributed by atoms with Crippen LogP contribution in [0.1, 0.15) is 17.3 Å². The van der Waals surface area contributed by atoms with Crippen LogP contribution in [0.2, 0.25) is 0 Å². The summed E-state index contributed by atoms with van der Waals surface area (Å²) in [5, 5.41) is 13.2. The van der Waals surface area contributed by atoms with Gasteiger partial charge in [0.05, 0.1) is 6.61 Å². The largest absolute Gasteiger partial charge is 0.395 e. The third-order valence-electron chi connectivity index (χ3n) is 3.21. The van der Waals surface area contributed by atoms with E-state index in [0.29, 0.717) is 5.56 Å². The number of hydrogen-bond acceptors (Lipinski definition) is 3. The van der Waals surface area contributed by atoms with Crippen LogP contribution in [-0.2, 0) is 0 Å². The quantitative estimate of drug-likeness (QED) is 0.784. The third kappa shape index (κ3) is 3.11. The SMILES string of the molecule is CSC(CO)C(C)NC(=O)c1ccc2[nH]ccc2c1. The average molecular weight is 278 g/mol. The lowest BCUT2D eigenvalue weighted by atomic mass is 10.1. The number of amides is 1. The molecule has 0 bridgehead atoms. The number of nitrogens with one attached hydrogen (secondary N) is 2. The number of hydrogen-bond donors (Lipinski definition) is 3. The Morgan fingerprint density at radius 3 is 2.95 bits per heavy atom. The Bertz CT molecular complexity index is 563. The molecule has 2 rings (SSSR count). The van der Waals surface area contributed by atoms with Gasteiger partial charge in [0.15, 0.2) is 0 Å². The summed E-state index contributed by atoms with van der Waals surface area (Å²) < 4.78 is 0. The van der Waals surface area contributed by atoms with Gasteiger partial charge in [-0.1, -0.05) is 0 Å². The second kappa shape index (κ2) is 6.12. The summed E-state index contributed by atoms with van der Waals surface area (Å²) in [4.78, 5) is 15.2. The van der Waals surface area contributed by atoms with Gasteiger partial charge in [0.25, 0.3) is 5.91 Å². The van der Waals surface area contributed by atoms with Crippen molar-refractivity contribution in [3.8, 4) is 0 Å². The van der Waals surface area contributed by atoms with Crippen LogP contribution in [0, 0.1) is 0 Å². The fourth-order valence-corrected chi connectivity index (χ4v) is 2.64. The molecule has 0 aliphatic heterocycles. The molecule has 0 saturated heterocycles. The zero-order chi connectivity index (χ0) is 13.8. The minimum atomic E-state index is -0.108. The minimum absolute atomic E-state index is 0.0138. The highest BCUT2D eigenvalue weighted by molar-refractivity contribution is 7.99. The number of aliphatic hydroxyl groups excluding tert-OH is 1.